The van der Waals surface area contributed by atoms with Gasteiger partial charge in [-0.05, 0) is 30.4 Å². The maximum atomic E-state index is 12.5. The zero-order chi connectivity index (χ0) is 18.4. The van der Waals surface area contributed by atoms with E-state index in [9.17, 15) is 19.5 Å². The molecule has 1 heterocycles. The molecule has 2 amide bonds. The molecule has 0 fully saturated rings. The lowest BCUT2D eigenvalue weighted by atomic mass is 9.87. The van der Waals surface area contributed by atoms with Crippen molar-refractivity contribution in [3.05, 3.63) is 58.3 Å². The largest absolute Gasteiger partial charge is 0.479 e. The Kier molecular flexibility index (Phi) is 5.93. The quantitative estimate of drug-likeness (QED) is 0.706. The van der Waals surface area contributed by atoms with E-state index in [1.165, 1.54) is 18.3 Å². The molecule has 0 saturated heterocycles. The molecule has 7 heteroatoms. The number of amides is 2. The van der Waals surface area contributed by atoms with Crippen LogP contribution in [0.25, 0.3) is 0 Å². The SMILES string of the molecule is CCC(NC(=O)C(C)NC(=O)c1cccs1)(C(=O)O)c1ccccc1. The van der Waals surface area contributed by atoms with Crippen LogP contribution in [0.15, 0.2) is 47.8 Å². The lowest BCUT2D eigenvalue weighted by Crippen LogP contribution is -2.56. The molecule has 1 aromatic heterocycles. The van der Waals surface area contributed by atoms with Crippen molar-refractivity contribution in [3.8, 4) is 0 Å². The number of nitrogens with one attached hydrogen (secondary N) is 2. The van der Waals surface area contributed by atoms with Crippen molar-refractivity contribution in [3.63, 3.8) is 0 Å². The van der Waals surface area contributed by atoms with E-state index in [-0.39, 0.29) is 12.3 Å². The summed E-state index contributed by atoms with van der Waals surface area (Å²) < 4.78 is 0. The van der Waals surface area contributed by atoms with Gasteiger partial charge >= 0.3 is 5.97 Å². The number of rotatable bonds is 7. The second-order valence-corrected chi connectivity index (χ2v) is 6.54. The van der Waals surface area contributed by atoms with Gasteiger partial charge in [0.1, 0.15) is 6.04 Å². The van der Waals surface area contributed by atoms with Gasteiger partial charge in [0, 0.05) is 0 Å². The van der Waals surface area contributed by atoms with Crippen LogP contribution in [0.5, 0.6) is 0 Å². The second kappa shape index (κ2) is 7.94. The van der Waals surface area contributed by atoms with Crippen LogP contribution in [-0.2, 0) is 15.1 Å². The minimum atomic E-state index is -1.54. The first kappa shape index (κ1) is 18.7. The minimum Gasteiger partial charge on any atom is -0.479 e. The molecule has 0 aliphatic rings. The fraction of sp³-hybridized carbons (Fsp3) is 0.278. The summed E-state index contributed by atoms with van der Waals surface area (Å²) in [5.74, 6) is -2.07. The van der Waals surface area contributed by atoms with Crippen LogP contribution in [0, 0.1) is 0 Å². The average Bonchev–Trinajstić information content (AvgIpc) is 3.14. The maximum absolute atomic E-state index is 12.5. The van der Waals surface area contributed by atoms with E-state index in [1.807, 2.05) is 0 Å². The van der Waals surface area contributed by atoms with Crippen molar-refractivity contribution < 1.29 is 19.5 Å². The topological polar surface area (TPSA) is 95.5 Å². The van der Waals surface area contributed by atoms with Crippen molar-refractivity contribution >= 4 is 29.1 Å². The average molecular weight is 360 g/mol. The van der Waals surface area contributed by atoms with Gasteiger partial charge in [0.05, 0.1) is 4.88 Å². The third-order valence-corrected chi connectivity index (χ3v) is 4.85. The van der Waals surface area contributed by atoms with Gasteiger partial charge in [-0.1, -0.05) is 43.3 Å². The molecule has 0 aliphatic heterocycles. The Bertz CT molecular complexity index is 746. The van der Waals surface area contributed by atoms with Gasteiger partial charge in [-0.2, -0.15) is 0 Å². The summed E-state index contributed by atoms with van der Waals surface area (Å²) in [5, 5.41) is 16.7. The molecule has 0 radical (unpaired) electrons. The van der Waals surface area contributed by atoms with E-state index < -0.39 is 23.5 Å². The monoisotopic (exact) mass is 360 g/mol. The molecular formula is C18H20N2O4S. The highest BCUT2D eigenvalue weighted by Crippen LogP contribution is 2.25. The highest BCUT2D eigenvalue weighted by Gasteiger charge is 2.41. The Morgan fingerprint density at radius 1 is 1.16 bits per heavy atom. The smallest absolute Gasteiger partial charge is 0.334 e. The molecule has 2 atom stereocenters. The second-order valence-electron chi connectivity index (χ2n) is 5.59. The number of hydrogen-bond donors (Lipinski definition) is 3. The summed E-state index contributed by atoms with van der Waals surface area (Å²) >= 11 is 1.27. The molecular weight excluding hydrogens is 340 g/mol. The molecule has 3 N–H and O–H groups in total. The first-order valence-electron chi connectivity index (χ1n) is 7.86. The Morgan fingerprint density at radius 2 is 1.84 bits per heavy atom. The van der Waals surface area contributed by atoms with Gasteiger partial charge in [-0.15, -0.1) is 11.3 Å². The highest BCUT2D eigenvalue weighted by atomic mass is 32.1. The van der Waals surface area contributed by atoms with Crippen LogP contribution in [0.1, 0.15) is 35.5 Å². The number of carbonyl (C=O) groups is 3. The number of benzene rings is 1. The lowest BCUT2D eigenvalue weighted by molar-refractivity contribution is -0.148. The number of carboxylic acid groups (broad SMARTS) is 1. The number of carboxylic acids is 1. The van der Waals surface area contributed by atoms with E-state index in [1.54, 1.807) is 54.8 Å². The van der Waals surface area contributed by atoms with Crippen LogP contribution in [-0.4, -0.2) is 28.9 Å². The zero-order valence-corrected chi connectivity index (χ0v) is 14.8. The predicted molar refractivity (Wildman–Crippen MR) is 95.4 cm³/mol. The number of thiophene rings is 1. The highest BCUT2D eigenvalue weighted by molar-refractivity contribution is 7.12. The van der Waals surface area contributed by atoms with Crippen molar-refractivity contribution in [1.82, 2.24) is 10.6 Å². The molecule has 25 heavy (non-hydrogen) atoms. The molecule has 2 rings (SSSR count). The Labute approximate surface area is 149 Å². The van der Waals surface area contributed by atoms with E-state index in [0.29, 0.717) is 10.4 Å². The van der Waals surface area contributed by atoms with Crippen LogP contribution >= 0.6 is 11.3 Å². The summed E-state index contributed by atoms with van der Waals surface area (Å²) in [7, 11) is 0. The van der Waals surface area contributed by atoms with E-state index >= 15 is 0 Å². The normalized spacial score (nSPS) is 14.2. The van der Waals surface area contributed by atoms with Gasteiger partial charge in [-0.25, -0.2) is 4.79 Å². The van der Waals surface area contributed by atoms with Gasteiger partial charge in [0.25, 0.3) is 5.91 Å². The first-order valence-corrected chi connectivity index (χ1v) is 8.74. The number of hydrogen-bond acceptors (Lipinski definition) is 4. The number of carbonyl (C=O) groups excluding carboxylic acids is 2. The van der Waals surface area contributed by atoms with Gasteiger partial charge in [0.2, 0.25) is 5.91 Å². The standard InChI is InChI=1S/C18H20N2O4S/c1-3-18(17(23)24,13-8-5-4-6-9-13)20-15(21)12(2)19-16(22)14-10-7-11-25-14/h4-12H,3H2,1-2H3,(H,19,22)(H,20,21)(H,23,24). The van der Waals surface area contributed by atoms with E-state index in [2.05, 4.69) is 10.6 Å². The summed E-state index contributed by atoms with van der Waals surface area (Å²) in [6, 6.07) is 11.1. The van der Waals surface area contributed by atoms with Crippen LogP contribution in [0.2, 0.25) is 0 Å². The summed E-state index contributed by atoms with van der Waals surface area (Å²) in [6.07, 6.45) is 0.170. The van der Waals surface area contributed by atoms with E-state index in [4.69, 9.17) is 0 Å². The van der Waals surface area contributed by atoms with Crippen molar-refractivity contribution in [1.29, 1.82) is 0 Å². The predicted octanol–water partition coefficient (Wildman–Crippen LogP) is 2.37. The first-order chi connectivity index (χ1) is 11.9. The molecule has 2 aromatic rings. The molecule has 132 valence electrons. The van der Waals surface area contributed by atoms with Gasteiger partial charge in [-0.3, -0.25) is 9.59 Å². The van der Waals surface area contributed by atoms with Crippen molar-refractivity contribution in [2.24, 2.45) is 0 Å². The fourth-order valence-electron chi connectivity index (χ4n) is 2.48. The molecule has 0 saturated carbocycles. The molecule has 0 aliphatic carbocycles. The van der Waals surface area contributed by atoms with Crippen LogP contribution < -0.4 is 10.6 Å². The molecule has 0 spiro atoms. The summed E-state index contributed by atoms with van der Waals surface area (Å²) in [6.45, 7) is 3.21. The lowest BCUT2D eigenvalue weighted by Gasteiger charge is -2.31. The molecule has 0 bridgehead atoms. The number of aliphatic carboxylic acids is 1. The van der Waals surface area contributed by atoms with Crippen molar-refractivity contribution in [2.45, 2.75) is 31.8 Å². The van der Waals surface area contributed by atoms with Crippen LogP contribution in [0.3, 0.4) is 0 Å². The van der Waals surface area contributed by atoms with E-state index in [0.717, 1.165) is 0 Å². The Hall–Kier alpha value is -2.67. The van der Waals surface area contributed by atoms with Crippen LogP contribution in [0.4, 0.5) is 0 Å². The molecule has 1 aromatic carbocycles. The summed E-state index contributed by atoms with van der Waals surface area (Å²) in [4.78, 5) is 37.0. The molecule has 2 unspecified atom stereocenters. The fourth-order valence-corrected chi connectivity index (χ4v) is 3.10. The third-order valence-electron chi connectivity index (χ3n) is 3.98. The maximum Gasteiger partial charge on any atom is 0.334 e. The molecule has 6 nitrogen and oxygen atoms in total. The third kappa shape index (κ3) is 4.06. The van der Waals surface area contributed by atoms with Crippen molar-refractivity contribution in [2.75, 3.05) is 0 Å². The zero-order valence-electron chi connectivity index (χ0n) is 14.0. The Balaban J connectivity index is 2.17. The Morgan fingerprint density at radius 3 is 2.36 bits per heavy atom. The van der Waals surface area contributed by atoms with Gasteiger partial charge < -0.3 is 15.7 Å². The summed E-state index contributed by atoms with van der Waals surface area (Å²) in [5.41, 5.74) is -1.06. The van der Waals surface area contributed by atoms with Gasteiger partial charge in [0.15, 0.2) is 5.54 Å². The minimum absolute atomic E-state index is 0.170.